The number of amides is 1. The molecular weight excluding hydrogens is 446 g/mol. The van der Waals surface area contributed by atoms with E-state index in [2.05, 4.69) is 29.2 Å². The fraction of sp³-hybridized carbons (Fsp3) is 0.192. The van der Waals surface area contributed by atoms with Gasteiger partial charge in [0.15, 0.2) is 5.82 Å². The molecule has 0 radical (unpaired) electrons. The number of nitrogens with one attached hydrogen (secondary N) is 1. The van der Waals surface area contributed by atoms with Gasteiger partial charge in [0.05, 0.1) is 17.2 Å². The number of nitrogens with zero attached hydrogens (tertiary/aromatic N) is 4. The Bertz CT molecular complexity index is 1350. The average molecular weight is 472 g/mol. The molecule has 9 heteroatoms. The maximum Gasteiger partial charge on any atom is 0.336 e. The summed E-state index contributed by atoms with van der Waals surface area (Å²) < 4.78 is 7.46. The molecule has 9 nitrogen and oxygen atoms in total. The summed E-state index contributed by atoms with van der Waals surface area (Å²) in [5.41, 5.74) is 3.37. The Morgan fingerprint density at radius 1 is 1.09 bits per heavy atom. The van der Waals surface area contributed by atoms with E-state index in [1.165, 1.54) is 24.3 Å². The molecule has 178 valence electrons. The van der Waals surface area contributed by atoms with E-state index < -0.39 is 10.8 Å². The molecule has 4 rings (SSSR count). The number of nitro groups is 1. The third-order valence-electron chi connectivity index (χ3n) is 5.13. The van der Waals surface area contributed by atoms with Crippen LogP contribution >= 0.6 is 0 Å². The monoisotopic (exact) mass is 471 g/mol. The summed E-state index contributed by atoms with van der Waals surface area (Å²) in [6, 6.07) is 20.9. The van der Waals surface area contributed by atoms with E-state index in [-0.39, 0.29) is 17.3 Å². The molecule has 0 aliphatic rings. The van der Waals surface area contributed by atoms with Crippen LogP contribution in [0.1, 0.15) is 29.8 Å². The highest BCUT2D eigenvalue weighted by molar-refractivity contribution is 6.04. The zero-order valence-corrected chi connectivity index (χ0v) is 19.6. The fourth-order valence-corrected chi connectivity index (χ4v) is 3.31. The topological polar surface area (TPSA) is 112 Å². The minimum absolute atomic E-state index is 0.140. The van der Waals surface area contributed by atoms with Gasteiger partial charge in [0.1, 0.15) is 0 Å². The number of hydrogen-bond acceptors (Lipinski definition) is 6. The largest absolute Gasteiger partial charge is 0.462 e. The van der Waals surface area contributed by atoms with Crippen LogP contribution in [0.15, 0.2) is 72.8 Å². The Kier molecular flexibility index (Phi) is 6.86. The van der Waals surface area contributed by atoms with E-state index in [0.29, 0.717) is 24.0 Å². The lowest BCUT2D eigenvalue weighted by Crippen LogP contribution is -2.12. The van der Waals surface area contributed by atoms with Crippen molar-refractivity contribution in [1.82, 2.24) is 14.8 Å². The maximum absolute atomic E-state index is 12.6. The number of benzene rings is 3. The normalized spacial score (nSPS) is 10.9. The lowest BCUT2D eigenvalue weighted by atomic mass is 10.1. The van der Waals surface area contributed by atoms with Gasteiger partial charge in [-0.3, -0.25) is 14.9 Å². The van der Waals surface area contributed by atoms with Gasteiger partial charge in [0, 0.05) is 28.9 Å². The highest BCUT2D eigenvalue weighted by Crippen LogP contribution is 2.25. The summed E-state index contributed by atoms with van der Waals surface area (Å²) in [5.74, 6) is 0.530. The number of rotatable bonds is 8. The van der Waals surface area contributed by atoms with Gasteiger partial charge in [0.2, 0.25) is 0 Å². The number of nitro benzene ring substituents is 1. The van der Waals surface area contributed by atoms with E-state index in [9.17, 15) is 14.9 Å². The second kappa shape index (κ2) is 10.2. The maximum atomic E-state index is 12.6. The second-order valence-corrected chi connectivity index (χ2v) is 8.51. The number of ether oxygens (including phenoxy) is 1. The Hall–Kier alpha value is -4.53. The van der Waals surface area contributed by atoms with Crippen LogP contribution in [0.25, 0.3) is 17.1 Å². The molecule has 0 atom stereocenters. The average Bonchev–Trinajstić information content (AvgIpc) is 3.28. The minimum atomic E-state index is -0.533. The third kappa shape index (κ3) is 5.70. The zero-order valence-electron chi connectivity index (χ0n) is 19.6. The summed E-state index contributed by atoms with van der Waals surface area (Å²) in [6.45, 7) is 6.63. The zero-order chi connectivity index (χ0) is 24.9. The number of non-ortho nitro benzene ring substituents is 1. The van der Waals surface area contributed by atoms with Crippen molar-refractivity contribution in [2.24, 2.45) is 5.92 Å². The summed E-state index contributed by atoms with van der Waals surface area (Å²) in [5, 5.41) is 18.3. The number of aryl methyl sites for hydroxylation is 1. The molecule has 0 bridgehead atoms. The third-order valence-corrected chi connectivity index (χ3v) is 5.13. The molecule has 35 heavy (non-hydrogen) atoms. The quantitative estimate of drug-likeness (QED) is 0.271. The summed E-state index contributed by atoms with van der Waals surface area (Å²) in [7, 11) is 0. The van der Waals surface area contributed by atoms with Gasteiger partial charge in [-0.15, -0.1) is 5.10 Å². The highest BCUT2D eigenvalue weighted by Gasteiger charge is 2.16. The number of aromatic nitrogens is 3. The first-order valence-electron chi connectivity index (χ1n) is 11.1. The van der Waals surface area contributed by atoms with Crippen molar-refractivity contribution in [1.29, 1.82) is 0 Å². The van der Waals surface area contributed by atoms with Crippen LogP contribution in [0.5, 0.6) is 6.01 Å². The molecule has 0 saturated carbocycles. The van der Waals surface area contributed by atoms with Gasteiger partial charge >= 0.3 is 6.01 Å². The smallest absolute Gasteiger partial charge is 0.336 e. The predicted molar refractivity (Wildman–Crippen MR) is 133 cm³/mol. The first-order valence-corrected chi connectivity index (χ1v) is 11.1. The Labute approximate surface area is 202 Å². The van der Waals surface area contributed by atoms with Gasteiger partial charge < -0.3 is 10.1 Å². The molecule has 0 spiro atoms. The molecule has 0 aliphatic heterocycles. The van der Waals surface area contributed by atoms with Gasteiger partial charge in [-0.2, -0.15) is 4.98 Å². The molecule has 1 aromatic heterocycles. The van der Waals surface area contributed by atoms with Crippen LogP contribution < -0.4 is 10.1 Å². The summed E-state index contributed by atoms with van der Waals surface area (Å²) in [4.78, 5) is 27.6. The molecule has 0 aliphatic carbocycles. The molecule has 1 heterocycles. The van der Waals surface area contributed by atoms with Crippen molar-refractivity contribution >= 4 is 17.3 Å². The second-order valence-electron chi connectivity index (χ2n) is 8.51. The van der Waals surface area contributed by atoms with Gasteiger partial charge in [0.25, 0.3) is 11.6 Å². The van der Waals surface area contributed by atoms with Crippen LogP contribution in [0.2, 0.25) is 0 Å². The number of anilines is 1. The lowest BCUT2D eigenvalue weighted by Gasteiger charge is -2.09. The van der Waals surface area contributed by atoms with Gasteiger partial charge in [-0.1, -0.05) is 49.7 Å². The minimum Gasteiger partial charge on any atom is -0.462 e. The van der Waals surface area contributed by atoms with E-state index in [4.69, 9.17) is 4.74 Å². The highest BCUT2D eigenvalue weighted by atomic mass is 16.6. The van der Waals surface area contributed by atoms with Crippen molar-refractivity contribution in [2.45, 2.75) is 20.8 Å². The Morgan fingerprint density at radius 2 is 1.80 bits per heavy atom. The van der Waals surface area contributed by atoms with E-state index in [0.717, 1.165) is 16.8 Å². The van der Waals surface area contributed by atoms with Crippen molar-refractivity contribution in [2.75, 3.05) is 11.9 Å². The van der Waals surface area contributed by atoms with Crippen LogP contribution in [-0.4, -0.2) is 32.2 Å². The molecule has 1 N–H and O–H groups in total. The molecule has 1 amide bonds. The van der Waals surface area contributed by atoms with E-state index in [1.807, 2.05) is 43.3 Å². The van der Waals surface area contributed by atoms with Crippen LogP contribution in [0.4, 0.5) is 11.4 Å². The van der Waals surface area contributed by atoms with Gasteiger partial charge in [-0.25, -0.2) is 4.68 Å². The van der Waals surface area contributed by atoms with Crippen LogP contribution in [-0.2, 0) is 0 Å². The van der Waals surface area contributed by atoms with Gasteiger partial charge in [-0.05, 0) is 43.2 Å². The summed E-state index contributed by atoms with van der Waals surface area (Å²) in [6.07, 6.45) is 0. The Morgan fingerprint density at radius 3 is 2.46 bits per heavy atom. The molecule has 0 fully saturated rings. The SMILES string of the molecule is Cc1ccc(-c2nc(OCC(C)C)nn2-c2ccc(NC(=O)c3cccc([N+](=O)[O-])c3)cc2)cc1. The standard InChI is InChI=1S/C26H25N5O4/c1-17(2)16-35-26-28-24(19-9-7-18(3)8-10-19)30(29-26)22-13-11-21(12-14-22)27-25(32)20-5-4-6-23(15-20)31(33)34/h4-15,17H,16H2,1-3H3,(H,27,32). The fourth-order valence-electron chi connectivity index (χ4n) is 3.31. The van der Waals surface area contributed by atoms with Crippen molar-refractivity contribution in [3.63, 3.8) is 0 Å². The van der Waals surface area contributed by atoms with Crippen molar-refractivity contribution in [3.05, 3.63) is 94.0 Å². The van der Waals surface area contributed by atoms with Crippen LogP contribution in [0, 0.1) is 23.0 Å². The molecule has 0 unspecified atom stereocenters. The first-order chi connectivity index (χ1) is 16.8. The number of carbonyl (C=O) groups excluding carboxylic acids is 1. The van der Waals surface area contributed by atoms with E-state index in [1.54, 1.807) is 16.8 Å². The molecular formula is C26H25N5O4. The Balaban J connectivity index is 1.59. The number of carbonyl (C=O) groups is 1. The molecule has 3 aromatic carbocycles. The molecule has 4 aromatic rings. The first kappa shape index (κ1) is 23.6. The predicted octanol–water partition coefficient (Wildman–Crippen LogP) is 5.44. The van der Waals surface area contributed by atoms with E-state index >= 15 is 0 Å². The molecule has 0 saturated heterocycles. The lowest BCUT2D eigenvalue weighted by molar-refractivity contribution is -0.384. The number of hydrogen-bond donors (Lipinski definition) is 1. The summed E-state index contributed by atoms with van der Waals surface area (Å²) >= 11 is 0. The van der Waals surface area contributed by atoms with Crippen molar-refractivity contribution in [3.8, 4) is 23.1 Å². The van der Waals surface area contributed by atoms with Crippen LogP contribution in [0.3, 0.4) is 0 Å². The van der Waals surface area contributed by atoms with Crippen molar-refractivity contribution < 1.29 is 14.5 Å².